The maximum atomic E-state index is 5.08. The summed E-state index contributed by atoms with van der Waals surface area (Å²) in [5.41, 5.74) is 0. The first-order valence-electron chi connectivity index (χ1n) is 6.01. The van der Waals surface area contributed by atoms with Crippen LogP contribution in [0.25, 0.3) is 0 Å². The van der Waals surface area contributed by atoms with Crippen molar-refractivity contribution in [3.8, 4) is 0 Å². The molecule has 1 aromatic rings. The van der Waals surface area contributed by atoms with Crippen LogP contribution >= 0.6 is 0 Å². The molecule has 1 saturated heterocycles. The summed E-state index contributed by atoms with van der Waals surface area (Å²) in [5, 5.41) is 7.44. The lowest BCUT2D eigenvalue weighted by Gasteiger charge is -2.19. The Morgan fingerprint density at radius 2 is 2.44 bits per heavy atom. The maximum absolute atomic E-state index is 5.08. The molecule has 5 heteroatoms. The van der Waals surface area contributed by atoms with Crippen LogP contribution < -0.4 is 5.32 Å². The van der Waals surface area contributed by atoms with Gasteiger partial charge in [0.15, 0.2) is 5.82 Å². The van der Waals surface area contributed by atoms with Gasteiger partial charge in [0.1, 0.15) is 0 Å². The normalized spacial score (nSPS) is 20.8. The van der Waals surface area contributed by atoms with Gasteiger partial charge in [-0.25, -0.2) is 0 Å². The van der Waals surface area contributed by atoms with Gasteiger partial charge in [0.25, 0.3) is 0 Å². The van der Waals surface area contributed by atoms with Crippen LogP contribution in [0.5, 0.6) is 0 Å². The molecule has 1 aromatic heterocycles. The fourth-order valence-corrected chi connectivity index (χ4v) is 2.09. The van der Waals surface area contributed by atoms with Crippen molar-refractivity contribution in [3.05, 3.63) is 11.7 Å². The molecule has 1 unspecified atom stereocenters. The van der Waals surface area contributed by atoms with E-state index in [9.17, 15) is 0 Å². The summed E-state index contributed by atoms with van der Waals surface area (Å²) >= 11 is 0. The van der Waals surface area contributed by atoms with E-state index in [1.807, 2.05) is 6.92 Å². The monoisotopic (exact) mass is 224 g/mol. The van der Waals surface area contributed by atoms with E-state index in [0.717, 1.165) is 37.8 Å². The average molecular weight is 224 g/mol. The molecule has 0 amide bonds. The SMILES string of the molecule is CCc1nc(CN(C)CC2CCCN2)no1. The highest BCUT2D eigenvalue weighted by molar-refractivity contribution is 4.86. The Morgan fingerprint density at radius 3 is 3.06 bits per heavy atom. The fraction of sp³-hybridized carbons (Fsp3) is 0.818. The lowest BCUT2D eigenvalue weighted by Crippen LogP contribution is -2.35. The molecule has 1 aliphatic rings. The summed E-state index contributed by atoms with van der Waals surface area (Å²) in [4.78, 5) is 6.55. The second-order valence-electron chi connectivity index (χ2n) is 4.45. The van der Waals surface area contributed by atoms with E-state index in [1.54, 1.807) is 0 Å². The molecular formula is C11H20N4O. The molecule has 0 radical (unpaired) electrons. The summed E-state index contributed by atoms with van der Waals surface area (Å²) < 4.78 is 5.08. The van der Waals surface area contributed by atoms with E-state index in [0.29, 0.717) is 6.04 Å². The Balaban J connectivity index is 1.79. The van der Waals surface area contributed by atoms with Crippen molar-refractivity contribution >= 4 is 0 Å². The molecule has 0 aliphatic carbocycles. The predicted molar refractivity (Wildman–Crippen MR) is 61.0 cm³/mol. The van der Waals surface area contributed by atoms with Gasteiger partial charge in [-0.05, 0) is 26.4 Å². The van der Waals surface area contributed by atoms with Crippen LogP contribution in [0.1, 0.15) is 31.5 Å². The number of nitrogens with one attached hydrogen (secondary N) is 1. The third-order valence-electron chi connectivity index (χ3n) is 2.92. The number of aromatic nitrogens is 2. The molecule has 1 N–H and O–H groups in total. The molecule has 5 nitrogen and oxygen atoms in total. The molecule has 0 bridgehead atoms. The highest BCUT2D eigenvalue weighted by atomic mass is 16.5. The summed E-state index contributed by atoms with van der Waals surface area (Å²) in [6, 6.07) is 0.627. The fourth-order valence-electron chi connectivity index (χ4n) is 2.09. The third kappa shape index (κ3) is 3.02. The molecule has 1 atom stereocenters. The number of nitrogens with zero attached hydrogens (tertiary/aromatic N) is 3. The van der Waals surface area contributed by atoms with Crippen LogP contribution in [0.2, 0.25) is 0 Å². The number of likely N-dealkylation sites (N-methyl/N-ethyl adjacent to an activating group) is 1. The van der Waals surface area contributed by atoms with E-state index in [1.165, 1.54) is 12.8 Å². The van der Waals surface area contributed by atoms with E-state index < -0.39 is 0 Å². The number of rotatable bonds is 5. The number of hydrogen-bond donors (Lipinski definition) is 1. The lowest BCUT2D eigenvalue weighted by molar-refractivity contribution is 0.280. The minimum Gasteiger partial charge on any atom is -0.339 e. The summed E-state index contributed by atoms with van der Waals surface area (Å²) in [7, 11) is 2.10. The van der Waals surface area contributed by atoms with Gasteiger partial charge in [0, 0.05) is 19.0 Å². The van der Waals surface area contributed by atoms with Crippen molar-refractivity contribution in [2.24, 2.45) is 0 Å². The van der Waals surface area contributed by atoms with Gasteiger partial charge in [0.2, 0.25) is 5.89 Å². The first-order chi connectivity index (χ1) is 7.78. The third-order valence-corrected chi connectivity index (χ3v) is 2.92. The topological polar surface area (TPSA) is 54.2 Å². The van der Waals surface area contributed by atoms with Crippen molar-refractivity contribution in [2.45, 2.75) is 38.8 Å². The molecule has 0 saturated carbocycles. The Hall–Kier alpha value is -0.940. The van der Waals surface area contributed by atoms with Crippen LogP contribution in [0.15, 0.2) is 4.52 Å². The van der Waals surface area contributed by atoms with E-state index >= 15 is 0 Å². The minimum absolute atomic E-state index is 0.627. The first-order valence-corrected chi connectivity index (χ1v) is 6.01. The Bertz CT molecular complexity index is 320. The number of hydrogen-bond acceptors (Lipinski definition) is 5. The van der Waals surface area contributed by atoms with Crippen molar-refractivity contribution in [2.75, 3.05) is 20.1 Å². The van der Waals surface area contributed by atoms with Crippen LogP contribution in [0.3, 0.4) is 0 Å². The maximum Gasteiger partial charge on any atom is 0.226 e. The quantitative estimate of drug-likeness (QED) is 0.802. The van der Waals surface area contributed by atoms with Gasteiger partial charge in [-0.2, -0.15) is 4.98 Å². The Kier molecular flexibility index (Phi) is 3.90. The van der Waals surface area contributed by atoms with Crippen molar-refractivity contribution < 1.29 is 4.52 Å². The van der Waals surface area contributed by atoms with Crippen LogP contribution in [0.4, 0.5) is 0 Å². The summed E-state index contributed by atoms with van der Waals surface area (Å²) in [5.74, 6) is 1.51. The van der Waals surface area contributed by atoms with E-state index in [-0.39, 0.29) is 0 Å². The molecule has 0 aromatic carbocycles. The highest BCUT2D eigenvalue weighted by Crippen LogP contribution is 2.08. The summed E-state index contributed by atoms with van der Waals surface area (Å²) in [6.45, 7) is 4.99. The highest BCUT2D eigenvalue weighted by Gasteiger charge is 2.17. The summed E-state index contributed by atoms with van der Waals surface area (Å²) in [6.07, 6.45) is 3.37. The smallest absolute Gasteiger partial charge is 0.226 e. The van der Waals surface area contributed by atoms with Crippen molar-refractivity contribution in [3.63, 3.8) is 0 Å². The van der Waals surface area contributed by atoms with Gasteiger partial charge < -0.3 is 9.84 Å². The van der Waals surface area contributed by atoms with E-state index in [4.69, 9.17) is 4.52 Å². The Morgan fingerprint density at radius 1 is 1.56 bits per heavy atom. The molecule has 0 spiro atoms. The molecule has 1 aliphatic heterocycles. The van der Waals surface area contributed by atoms with Gasteiger partial charge in [-0.15, -0.1) is 0 Å². The molecule has 2 rings (SSSR count). The van der Waals surface area contributed by atoms with Crippen LogP contribution in [-0.4, -0.2) is 41.2 Å². The van der Waals surface area contributed by atoms with E-state index in [2.05, 4.69) is 27.4 Å². The van der Waals surface area contributed by atoms with Crippen LogP contribution in [-0.2, 0) is 13.0 Å². The van der Waals surface area contributed by atoms with Crippen molar-refractivity contribution in [1.82, 2.24) is 20.4 Å². The van der Waals surface area contributed by atoms with Gasteiger partial charge in [-0.1, -0.05) is 12.1 Å². The molecular weight excluding hydrogens is 204 g/mol. The molecule has 2 heterocycles. The zero-order valence-electron chi connectivity index (χ0n) is 10.1. The standard InChI is InChI=1S/C11H20N4O/c1-3-11-13-10(14-16-11)8-15(2)7-9-5-4-6-12-9/h9,12H,3-8H2,1-2H3. The minimum atomic E-state index is 0.627. The van der Waals surface area contributed by atoms with Gasteiger partial charge >= 0.3 is 0 Å². The lowest BCUT2D eigenvalue weighted by atomic mass is 10.2. The zero-order valence-corrected chi connectivity index (χ0v) is 10.1. The zero-order chi connectivity index (χ0) is 11.4. The largest absolute Gasteiger partial charge is 0.339 e. The first kappa shape index (κ1) is 11.5. The molecule has 1 fully saturated rings. The van der Waals surface area contributed by atoms with Gasteiger partial charge in [0.05, 0.1) is 6.54 Å². The molecule has 90 valence electrons. The van der Waals surface area contributed by atoms with Gasteiger partial charge in [-0.3, -0.25) is 4.90 Å². The second kappa shape index (κ2) is 5.41. The number of aryl methyl sites for hydroxylation is 1. The Labute approximate surface area is 96.2 Å². The second-order valence-corrected chi connectivity index (χ2v) is 4.45. The average Bonchev–Trinajstić information content (AvgIpc) is 2.89. The van der Waals surface area contributed by atoms with Crippen molar-refractivity contribution in [1.29, 1.82) is 0 Å². The molecule has 16 heavy (non-hydrogen) atoms. The predicted octanol–water partition coefficient (Wildman–Crippen LogP) is 0.816. The van der Waals surface area contributed by atoms with Crippen LogP contribution in [0, 0.1) is 0 Å².